The molecule has 0 aliphatic carbocycles. The van der Waals surface area contributed by atoms with E-state index in [0.717, 1.165) is 4.90 Å². The van der Waals surface area contributed by atoms with Gasteiger partial charge in [-0.2, -0.15) is 50.5 Å². The number of ketones is 3. The maximum absolute atomic E-state index is 13.3. The quantitative estimate of drug-likeness (QED) is 0.0240. The highest BCUT2D eigenvalue weighted by Gasteiger charge is 2.36. The van der Waals surface area contributed by atoms with Gasteiger partial charge < -0.3 is 16.0 Å². The second-order valence-electron chi connectivity index (χ2n) is 15.4. The third-order valence-corrected chi connectivity index (χ3v) is 12.5. The van der Waals surface area contributed by atoms with Crippen molar-refractivity contribution in [2.75, 3.05) is 78.7 Å². The van der Waals surface area contributed by atoms with Crippen molar-refractivity contribution in [3.8, 4) is 0 Å². The molecule has 0 spiro atoms. The molecule has 0 bridgehead atoms. The zero-order chi connectivity index (χ0) is 54.0. The van der Waals surface area contributed by atoms with E-state index >= 15 is 0 Å². The van der Waals surface area contributed by atoms with Gasteiger partial charge in [0.1, 0.15) is 19.8 Å². The Hall–Kier alpha value is -1.93. The van der Waals surface area contributed by atoms with E-state index < -0.39 is 175 Å². The number of hydrogen-bond acceptors (Lipinski definition) is 25. The van der Waals surface area contributed by atoms with Gasteiger partial charge in [-0.3, -0.25) is 46.6 Å². The fourth-order valence-corrected chi connectivity index (χ4v) is 9.17. The minimum atomic E-state index is -5.57. The van der Waals surface area contributed by atoms with Crippen LogP contribution in [0.15, 0.2) is 0 Å². The Morgan fingerprint density at radius 2 is 0.643 bits per heavy atom. The average molecular weight is 1140 g/mol. The summed E-state index contributed by atoms with van der Waals surface area (Å²) in [5.41, 5.74) is 0. The monoisotopic (exact) mass is 1140 g/mol. The third-order valence-electron chi connectivity index (χ3n) is 9.69. The summed E-state index contributed by atoms with van der Waals surface area (Å²) in [5, 5.41) is 8.83. The Morgan fingerprint density at radius 1 is 0.414 bits per heavy atom. The van der Waals surface area contributed by atoms with Gasteiger partial charge in [-0.1, -0.05) is 20.8 Å². The molecule has 0 amide bonds. The number of rotatable bonds is 45. The summed E-state index contributed by atoms with van der Waals surface area (Å²) < 4.78 is 226. The summed E-state index contributed by atoms with van der Waals surface area (Å²) in [4.78, 5) is 40.8. The molecule has 70 heavy (non-hydrogen) atoms. The van der Waals surface area contributed by atoms with Crippen molar-refractivity contribution in [1.29, 1.82) is 0 Å². The molecular formula is C33H66N4O27S6. The Balaban J connectivity index is 7.91. The van der Waals surface area contributed by atoms with Crippen LogP contribution in [-0.4, -0.2) is 197 Å². The standard InChI is InChI=1S/C33H66N4O27S6/c1-4-34-13-7-10-25(31(38)22-59-65(41,42)43)16-28(62-68(50,51)52)19-37(20-29(63-69(53,54)55)17-26(11-8-14-35-5-2)32(39)23-60-66(44,45)46)21-30(64-70(56,57)58)18-27(12-9-15-36-6-3)33(40)24-61-67(47,48)49/h25-30,34-36H,4-24H2,1-3H3,(H,41,42,43)(H,44,45,46)(H,47,48,49)(H,50,51,52)(H,53,54,55)(H,56,57,58). The zero-order valence-electron chi connectivity index (χ0n) is 38.5. The van der Waals surface area contributed by atoms with E-state index in [0.29, 0.717) is 19.6 Å². The van der Waals surface area contributed by atoms with E-state index in [1.165, 1.54) is 0 Å². The van der Waals surface area contributed by atoms with Crippen molar-refractivity contribution in [3.63, 3.8) is 0 Å². The third kappa shape index (κ3) is 38.7. The number of carbonyl (C=O) groups is 3. The minimum Gasteiger partial charge on any atom is -0.317 e. The molecule has 9 N–H and O–H groups in total. The number of hydrogen-bond donors (Lipinski definition) is 9. The van der Waals surface area contributed by atoms with Crippen molar-refractivity contribution in [1.82, 2.24) is 20.9 Å². The number of carbonyl (C=O) groups excluding carboxylic acids is 3. The second kappa shape index (κ2) is 33.1. The fourth-order valence-electron chi connectivity index (χ4n) is 6.92. The molecule has 0 aliphatic heterocycles. The van der Waals surface area contributed by atoms with Gasteiger partial charge in [0, 0.05) is 37.4 Å². The predicted molar refractivity (Wildman–Crippen MR) is 241 cm³/mol. The highest BCUT2D eigenvalue weighted by atomic mass is 32.3. The van der Waals surface area contributed by atoms with E-state index in [9.17, 15) is 78.5 Å². The van der Waals surface area contributed by atoms with Crippen molar-refractivity contribution in [2.45, 2.75) is 96.9 Å². The number of nitrogens with zero attached hydrogens (tertiary/aromatic N) is 1. The van der Waals surface area contributed by atoms with Crippen LogP contribution in [0.3, 0.4) is 0 Å². The lowest BCUT2D eigenvalue weighted by Gasteiger charge is -2.34. The normalized spacial score (nSPS) is 15.9. The van der Waals surface area contributed by atoms with Crippen LogP contribution in [-0.2, 0) is 102 Å². The summed E-state index contributed by atoms with van der Waals surface area (Å²) in [6, 6.07) is 0. The van der Waals surface area contributed by atoms with E-state index in [-0.39, 0.29) is 58.2 Å². The fraction of sp³-hybridized carbons (Fsp3) is 0.909. The van der Waals surface area contributed by atoms with Gasteiger partial charge in [0.2, 0.25) is 0 Å². The lowest BCUT2D eigenvalue weighted by molar-refractivity contribution is -0.126. The lowest BCUT2D eigenvalue weighted by Crippen LogP contribution is -2.47. The molecule has 0 heterocycles. The van der Waals surface area contributed by atoms with Crippen LogP contribution in [0, 0.1) is 17.8 Å². The maximum atomic E-state index is 13.3. The molecule has 0 rings (SSSR count). The van der Waals surface area contributed by atoms with Gasteiger partial charge in [-0.25, -0.2) is 25.1 Å². The van der Waals surface area contributed by atoms with Crippen LogP contribution >= 0.6 is 0 Å². The Bertz CT molecular complexity index is 2020. The van der Waals surface area contributed by atoms with Gasteiger partial charge in [-0.15, -0.1) is 0 Å². The van der Waals surface area contributed by atoms with Gasteiger partial charge >= 0.3 is 62.4 Å². The average Bonchev–Trinajstić information content (AvgIpc) is 3.18. The molecule has 37 heteroatoms. The summed E-state index contributed by atoms with van der Waals surface area (Å²) >= 11 is 0. The first-order valence-corrected chi connectivity index (χ1v) is 29.5. The highest BCUT2D eigenvalue weighted by Crippen LogP contribution is 2.26. The summed E-state index contributed by atoms with van der Waals surface area (Å²) in [5.74, 6) is -7.60. The molecule has 6 unspecified atom stereocenters. The van der Waals surface area contributed by atoms with Gasteiger partial charge in [-0.05, 0) is 97.1 Å². The lowest BCUT2D eigenvalue weighted by atomic mass is 9.90. The van der Waals surface area contributed by atoms with E-state index in [2.05, 4.69) is 28.5 Å². The molecule has 0 aromatic rings. The highest BCUT2D eigenvalue weighted by molar-refractivity contribution is 7.82. The van der Waals surface area contributed by atoms with E-state index in [4.69, 9.17) is 26.2 Å². The second-order valence-corrected chi connectivity index (χ2v) is 21.8. The smallest absolute Gasteiger partial charge is 0.317 e. The first-order valence-electron chi connectivity index (χ1n) is 21.3. The SMILES string of the molecule is CCNCCCC(CC(CN(CC(CC(CCCNCC)C(=O)COS(=O)(=O)O)OS(=O)(=O)O)CC(CC(CCCNCC)C(=O)COS(=O)(=O)O)OS(=O)(=O)O)OS(=O)(=O)O)C(=O)COS(=O)(=O)O. The Labute approximate surface area is 409 Å². The van der Waals surface area contributed by atoms with Crippen molar-refractivity contribution >= 4 is 79.7 Å². The number of Topliss-reactive ketones (excluding diaryl/α,β-unsaturated/α-hetero) is 3. The number of nitrogens with one attached hydrogen (secondary N) is 3. The van der Waals surface area contributed by atoms with Crippen LogP contribution in [0.4, 0.5) is 0 Å². The van der Waals surface area contributed by atoms with Crippen LogP contribution < -0.4 is 16.0 Å². The summed E-state index contributed by atoms with van der Waals surface area (Å²) in [6.45, 7) is 0.248. The molecule has 0 fully saturated rings. The molecule has 0 radical (unpaired) electrons. The molecule has 0 aliphatic rings. The van der Waals surface area contributed by atoms with E-state index in [1.54, 1.807) is 20.8 Å². The predicted octanol–water partition coefficient (Wildman–Crippen LogP) is -1.79. The molecule has 0 saturated carbocycles. The minimum absolute atomic E-state index is 0.127. The Kier molecular flexibility index (Phi) is 32.2. The molecular weight excluding hydrogens is 1080 g/mol. The molecule has 6 atom stereocenters. The van der Waals surface area contributed by atoms with Crippen LogP contribution in [0.5, 0.6) is 0 Å². The van der Waals surface area contributed by atoms with Gasteiger partial charge in [0.15, 0.2) is 17.3 Å². The molecule has 0 saturated heterocycles. The molecule has 0 aromatic carbocycles. The topological polar surface area (TPSA) is 472 Å². The van der Waals surface area contributed by atoms with Gasteiger partial charge in [0.25, 0.3) is 0 Å². The van der Waals surface area contributed by atoms with Gasteiger partial charge in [0.05, 0.1) is 18.3 Å². The Morgan fingerprint density at radius 3 is 0.829 bits per heavy atom. The van der Waals surface area contributed by atoms with Crippen molar-refractivity contribution in [2.24, 2.45) is 17.8 Å². The first kappa shape index (κ1) is 68.1. The summed E-state index contributed by atoms with van der Waals surface area (Å²) in [6.07, 6.45) is -8.68. The zero-order valence-corrected chi connectivity index (χ0v) is 43.4. The van der Waals surface area contributed by atoms with Crippen LogP contribution in [0.2, 0.25) is 0 Å². The van der Waals surface area contributed by atoms with E-state index in [1.807, 2.05) is 0 Å². The van der Waals surface area contributed by atoms with Crippen LogP contribution in [0.1, 0.15) is 78.6 Å². The maximum Gasteiger partial charge on any atom is 0.397 e. The van der Waals surface area contributed by atoms with Crippen LogP contribution in [0.25, 0.3) is 0 Å². The first-order chi connectivity index (χ1) is 32.0. The molecule has 31 nitrogen and oxygen atoms in total. The van der Waals surface area contributed by atoms with Crippen molar-refractivity contribution in [3.05, 3.63) is 0 Å². The molecule has 0 aromatic heterocycles. The molecule has 416 valence electrons. The van der Waals surface area contributed by atoms with Crippen molar-refractivity contribution < 1.29 is 117 Å². The largest absolute Gasteiger partial charge is 0.397 e. The summed E-state index contributed by atoms with van der Waals surface area (Å²) in [7, 11) is -32.4.